The number of carbonyl (C=O) groups excluding carboxylic acids is 1. The second kappa shape index (κ2) is 6.42. The van der Waals surface area contributed by atoms with Crippen LogP contribution in [-0.4, -0.2) is 23.2 Å². The van der Waals surface area contributed by atoms with Crippen LogP contribution in [0.4, 0.5) is 0 Å². The highest BCUT2D eigenvalue weighted by Gasteiger charge is 2.35. The molecule has 0 aromatic heterocycles. The fourth-order valence-corrected chi connectivity index (χ4v) is 2.22. The number of allylic oxidation sites excluding steroid dienone is 2. The molecule has 0 spiro atoms. The molecule has 0 aromatic carbocycles. The van der Waals surface area contributed by atoms with E-state index in [1.807, 2.05) is 20.8 Å². The van der Waals surface area contributed by atoms with Crippen LogP contribution in [0.5, 0.6) is 0 Å². The van der Waals surface area contributed by atoms with Crippen LogP contribution in [-0.2, 0) is 9.63 Å². The molecule has 0 unspecified atom stereocenters. The van der Waals surface area contributed by atoms with Crippen molar-refractivity contribution < 1.29 is 14.7 Å². The summed E-state index contributed by atoms with van der Waals surface area (Å²) in [4.78, 5) is 17.1. The number of Topliss-reactive ketones (excluding diaryl/α,β-unsaturated/α-hetero) is 1. The summed E-state index contributed by atoms with van der Waals surface area (Å²) in [6.45, 7) is 5.96. The van der Waals surface area contributed by atoms with E-state index in [9.17, 15) is 9.90 Å². The summed E-state index contributed by atoms with van der Waals surface area (Å²) >= 11 is 0. The lowest BCUT2D eigenvalue weighted by Crippen LogP contribution is -2.29. The first-order chi connectivity index (χ1) is 8.91. The minimum absolute atomic E-state index is 0.0565. The summed E-state index contributed by atoms with van der Waals surface area (Å²) in [7, 11) is 0. The van der Waals surface area contributed by atoms with Crippen LogP contribution in [0.1, 0.15) is 46.5 Å². The van der Waals surface area contributed by atoms with Crippen LogP contribution in [0.3, 0.4) is 0 Å². The molecule has 4 nitrogen and oxygen atoms in total. The maximum absolute atomic E-state index is 12.2. The number of aliphatic hydroxyl groups excluding tert-OH is 1. The molecule has 0 heterocycles. The van der Waals surface area contributed by atoms with Crippen LogP contribution in [0.15, 0.2) is 16.5 Å². The van der Waals surface area contributed by atoms with Gasteiger partial charge in [-0.25, -0.2) is 0 Å². The zero-order valence-electron chi connectivity index (χ0n) is 11.8. The third-order valence-electron chi connectivity index (χ3n) is 2.95. The maximum atomic E-state index is 12.2. The Morgan fingerprint density at radius 2 is 2.21 bits per heavy atom. The average Bonchev–Trinajstić information content (AvgIpc) is 2.26. The molecule has 0 atom stereocenters. The molecule has 1 rings (SSSR count). The number of rotatable bonds is 5. The highest BCUT2D eigenvalue weighted by molar-refractivity contribution is 6.23. The lowest BCUT2D eigenvalue weighted by atomic mass is 9.75. The zero-order chi connectivity index (χ0) is 14.5. The number of oxime groups is 1. The van der Waals surface area contributed by atoms with Gasteiger partial charge in [-0.1, -0.05) is 38.3 Å². The molecule has 1 aliphatic rings. The van der Waals surface area contributed by atoms with E-state index >= 15 is 0 Å². The zero-order valence-corrected chi connectivity index (χ0v) is 11.8. The van der Waals surface area contributed by atoms with Crippen molar-refractivity contribution in [1.29, 1.82) is 0 Å². The van der Waals surface area contributed by atoms with E-state index in [1.165, 1.54) is 0 Å². The van der Waals surface area contributed by atoms with E-state index in [-0.39, 0.29) is 23.6 Å². The highest BCUT2D eigenvalue weighted by Crippen LogP contribution is 2.36. The molecule has 0 saturated heterocycles. The molecule has 19 heavy (non-hydrogen) atoms. The lowest BCUT2D eigenvalue weighted by molar-refractivity contribution is -0.118. The van der Waals surface area contributed by atoms with Crippen molar-refractivity contribution in [2.24, 2.45) is 10.6 Å². The minimum Gasteiger partial charge on any atom is -0.511 e. The van der Waals surface area contributed by atoms with Crippen LogP contribution in [0.2, 0.25) is 0 Å². The number of ketones is 1. The van der Waals surface area contributed by atoms with Gasteiger partial charge in [0.25, 0.3) is 0 Å². The van der Waals surface area contributed by atoms with Gasteiger partial charge in [0.15, 0.2) is 12.4 Å². The maximum Gasteiger partial charge on any atom is 0.177 e. The molecule has 0 fully saturated rings. The van der Waals surface area contributed by atoms with Gasteiger partial charge in [-0.05, 0) is 11.8 Å². The largest absolute Gasteiger partial charge is 0.511 e. The number of hydrogen-bond donors (Lipinski definition) is 1. The number of aliphatic hydroxyl groups is 1. The monoisotopic (exact) mass is 263 g/mol. The predicted molar refractivity (Wildman–Crippen MR) is 74.8 cm³/mol. The molecule has 4 heteroatoms. The molecule has 0 bridgehead atoms. The van der Waals surface area contributed by atoms with Gasteiger partial charge in [0, 0.05) is 12.8 Å². The summed E-state index contributed by atoms with van der Waals surface area (Å²) in [6, 6.07) is 0. The van der Waals surface area contributed by atoms with Crippen molar-refractivity contribution in [3.05, 3.63) is 11.3 Å². The SMILES string of the molecule is C#CCON=C(CCC)C1=C(O)CC(C)(C)CC1=O. The second-order valence-electron chi connectivity index (χ2n) is 5.53. The third-order valence-corrected chi connectivity index (χ3v) is 2.95. The van der Waals surface area contributed by atoms with Crippen LogP contribution in [0, 0.1) is 17.8 Å². The van der Waals surface area contributed by atoms with Gasteiger partial charge >= 0.3 is 0 Å². The molecule has 1 N–H and O–H groups in total. The quantitative estimate of drug-likeness (QED) is 0.359. The summed E-state index contributed by atoms with van der Waals surface area (Å²) in [5.74, 6) is 2.34. The van der Waals surface area contributed by atoms with Gasteiger partial charge in [-0.3, -0.25) is 4.79 Å². The molecule has 0 aliphatic heterocycles. The lowest BCUT2D eigenvalue weighted by Gasteiger charge is -2.29. The topological polar surface area (TPSA) is 58.9 Å². The van der Waals surface area contributed by atoms with Gasteiger partial charge in [0.05, 0.1) is 11.3 Å². The van der Waals surface area contributed by atoms with E-state index in [0.717, 1.165) is 6.42 Å². The fraction of sp³-hybridized carbons (Fsp3) is 0.600. The fourth-order valence-electron chi connectivity index (χ4n) is 2.22. The van der Waals surface area contributed by atoms with E-state index in [2.05, 4.69) is 11.1 Å². The van der Waals surface area contributed by atoms with Gasteiger partial charge in [-0.2, -0.15) is 0 Å². The summed E-state index contributed by atoms with van der Waals surface area (Å²) in [6.07, 6.45) is 7.36. The molecule has 104 valence electrons. The van der Waals surface area contributed by atoms with E-state index < -0.39 is 0 Å². The van der Waals surface area contributed by atoms with E-state index in [1.54, 1.807) is 0 Å². The highest BCUT2D eigenvalue weighted by atomic mass is 16.6. The number of carbonyl (C=O) groups is 1. The number of nitrogens with zero attached hydrogens (tertiary/aromatic N) is 1. The van der Waals surface area contributed by atoms with Gasteiger partial charge < -0.3 is 9.94 Å². The standard InChI is InChI=1S/C15H21NO3/c1-5-7-11(16-19-8-6-2)14-12(17)9-15(3,4)10-13(14)18/h2,17H,5,7-10H2,1,3-4H3. The van der Waals surface area contributed by atoms with Gasteiger partial charge in [0.1, 0.15) is 5.76 Å². The van der Waals surface area contributed by atoms with Gasteiger partial charge in [-0.15, -0.1) is 6.42 Å². The second-order valence-corrected chi connectivity index (χ2v) is 5.53. The predicted octanol–water partition coefficient (Wildman–Crippen LogP) is 2.99. The normalized spacial score (nSPS) is 19.3. The average molecular weight is 263 g/mol. The third kappa shape index (κ3) is 4.13. The molecule has 1 aliphatic carbocycles. The Kier molecular flexibility index (Phi) is 5.17. The molecule has 0 radical (unpaired) electrons. The minimum atomic E-state index is -0.207. The first kappa shape index (κ1) is 15.3. The van der Waals surface area contributed by atoms with Crippen molar-refractivity contribution >= 4 is 11.5 Å². The Morgan fingerprint density at radius 1 is 1.53 bits per heavy atom. The Hall–Kier alpha value is -1.76. The molecule has 0 aromatic rings. The first-order valence-electron chi connectivity index (χ1n) is 6.49. The Bertz CT molecular complexity index is 453. The van der Waals surface area contributed by atoms with Crippen molar-refractivity contribution in [2.45, 2.75) is 46.5 Å². The van der Waals surface area contributed by atoms with Crippen LogP contribution in [0.25, 0.3) is 0 Å². The first-order valence-corrected chi connectivity index (χ1v) is 6.49. The molecule has 0 saturated carbocycles. The summed E-state index contributed by atoms with van der Waals surface area (Å²) < 4.78 is 0. The summed E-state index contributed by atoms with van der Waals surface area (Å²) in [5.41, 5.74) is 0.607. The van der Waals surface area contributed by atoms with E-state index in [0.29, 0.717) is 30.5 Å². The number of terminal acetylenes is 1. The Labute approximate surface area is 114 Å². The van der Waals surface area contributed by atoms with Crippen molar-refractivity contribution in [2.75, 3.05) is 6.61 Å². The van der Waals surface area contributed by atoms with Crippen LogP contribution >= 0.6 is 0 Å². The van der Waals surface area contributed by atoms with Crippen LogP contribution < -0.4 is 0 Å². The molecule has 0 amide bonds. The molecular formula is C15H21NO3. The van der Waals surface area contributed by atoms with Gasteiger partial charge in [0.2, 0.25) is 0 Å². The number of hydrogen-bond acceptors (Lipinski definition) is 4. The Morgan fingerprint density at radius 3 is 2.74 bits per heavy atom. The Balaban J connectivity index is 3.04. The van der Waals surface area contributed by atoms with Crippen molar-refractivity contribution in [1.82, 2.24) is 0 Å². The van der Waals surface area contributed by atoms with E-state index in [4.69, 9.17) is 11.3 Å². The smallest absolute Gasteiger partial charge is 0.177 e. The van der Waals surface area contributed by atoms with Crippen molar-refractivity contribution in [3.8, 4) is 12.3 Å². The summed E-state index contributed by atoms with van der Waals surface area (Å²) in [5, 5.41) is 14.0. The van der Waals surface area contributed by atoms with Crippen molar-refractivity contribution in [3.63, 3.8) is 0 Å². The molecular weight excluding hydrogens is 242 g/mol.